The number of rotatable bonds is 4. The molecule has 0 aromatic carbocycles. The quantitative estimate of drug-likeness (QED) is 0.851. The molecule has 2 aliphatic heterocycles. The van der Waals surface area contributed by atoms with E-state index in [1.54, 1.807) is 4.31 Å². The van der Waals surface area contributed by atoms with Gasteiger partial charge in [0.25, 0.3) is 0 Å². The second kappa shape index (κ2) is 6.52. The molecule has 2 rings (SSSR count). The van der Waals surface area contributed by atoms with Gasteiger partial charge in [0.2, 0.25) is 10.0 Å². The number of piperidine rings is 1. The summed E-state index contributed by atoms with van der Waals surface area (Å²) in [6, 6.07) is 0.0875. The van der Waals surface area contributed by atoms with E-state index in [2.05, 4.69) is 20.8 Å². The molecule has 0 bridgehead atoms. The molecule has 5 nitrogen and oxygen atoms in total. The first kappa shape index (κ1) is 17.2. The van der Waals surface area contributed by atoms with E-state index in [4.69, 9.17) is 10.5 Å². The molecule has 6 heteroatoms. The van der Waals surface area contributed by atoms with E-state index in [-0.39, 0.29) is 18.2 Å². The van der Waals surface area contributed by atoms with Gasteiger partial charge in [-0.3, -0.25) is 0 Å². The van der Waals surface area contributed by atoms with E-state index in [1.807, 2.05) is 0 Å². The SMILES string of the molecule is CC1OC(C)C(C(N)CC2CCCN(S(C)(=O)=O)C2)C1C. The summed E-state index contributed by atoms with van der Waals surface area (Å²) >= 11 is 0. The van der Waals surface area contributed by atoms with Gasteiger partial charge in [-0.15, -0.1) is 0 Å². The Morgan fingerprint density at radius 1 is 1.29 bits per heavy atom. The highest BCUT2D eigenvalue weighted by Gasteiger charge is 2.41. The maximum atomic E-state index is 11.7. The van der Waals surface area contributed by atoms with Crippen molar-refractivity contribution in [2.75, 3.05) is 19.3 Å². The molecule has 0 aliphatic carbocycles. The van der Waals surface area contributed by atoms with Crippen molar-refractivity contribution in [3.05, 3.63) is 0 Å². The highest BCUT2D eigenvalue weighted by atomic mass is 32.2. The summed E-state index contributed by atoms with van der Waals surface area (Å²) < 4.78 is 30.9. The Bertz CT molecular complexity index is 454. The number of sulfonamides is 1. The molecule has 6 atom stereocenters. The lowest BCUT2D eigenvalue weighted by molar-refractivity contribution is 0.0477. The summed E-state index contributed by atoms with van der Waals surface area (Å²) in [5.41, 5.74) is 6.46. The van der Waals surface area contributed by atoms with Crippen molar-refractivity contribution < 1.29 is 13.2 Å². The number of nitrogens with zero attached hydrogens (tertiary/aromatic N) is 1. The van der Waals surface area contributed by atoms with Gasteiger partial charge in [0.15, 0.2) is 0 Å². The number of hydrogen-bond donors (Lipinski definition) is 1. The van der Waals surface area contributed by atoms with Crippen LogP contribution in [0, 0.1) is 17.8 Å². The summed E-state index contributed by atoms with van der Waals surface area (Å²) in [4.78, 5) is 0. The molecule has 6 unspecified atom stereocenters. The second-order valence-corrected chi connectivity index (χ2v) is 8.99. The predicted molar refractivity (Wildman–Crippen MR) is 84.4 cm³/mol. The zero-order valence-corrected chi connectivity index (χ0v) is 14.5. The topological polar surface area (TPSA) is 72.6 Å². The standard InChI is InChI=1S/C15H30N2O3S/c1-10-11(2)20-12(3)15(10)14(16)8-13-6-5-7-17(9-13)21(4,18)19/h10-15H,5-9,16H2,1-4H3. The van der Waals surface area contributed by atoms with Crippen LogP contribution in [0.3, 0.4) is 0 Å². The van der Waals surface area contributed by atoms with Crippen LogP contribution in [0.5, 0.6) is 0 Å². The molecule has 124 valence electrons. The van der Waals surface area contributed by atoms with E-state index >= 15 is 0 Å². The third kappa shape index (κ3) is 3.97. The molecule has 0 amide bonds. The van der Waals surface area contributed by atoms with E-state index in [9.17, 15) is 8.42 Å². The molecule has 21 heavy (non-hydrogen) atoms. The summed E-state index contributed by atoms with van der Waals surface area (Å²) in [6.07, 6.45) is 4.65. The van der Waals surface area contributed by atoms with Crippen LogP contribution in [-0.4, -0.2) is 50.3 Å². The minimum atomic E-state index is -3.08. The predicted octanol–water partition coefficient (Wildman–Crippen LogP) is 1.43. The Morgan fingerprint density at radius 2 is 1.95 bits per heavy atom. The first-order valence-corrected chi connectivity index (χ1v) is 9.91. The Kier molecular flexibility index (Phi) is 5.34. The molecule has 2 N–H and O–H groups in total. The fourth-order valence-corrected chi connectivity index (χ4v) is 5.04. The van der Waals surface area contributed by atoms with Gasteiger partial charge in [-0.25, -0.2) is 12.7 Å². The largest absolute Gasteiger partial charge is 0.375 e. The summed E-state index contributed by atoms with van der Waals surface area (Å²) in [5, 5.41) is 0. The second-order valence-electron chi connectivity index (χ2n) is 7.01. The zero-order chi connectivity index (χ0) is 15.8. The van der Waals surface area contributed by atoms with Crippen molar-refractivity contribution in [1.82, 2.24) is 4.31 Å². The van der Waals surface area contributed by atoms with Gasteiger partial charge in [-0.05, 0) is 44.9 Å². The maximum Gasteiger partial charge on any atom is 0.211 e. The fourth-order valence-electron chi connectivity index (χ4n) is 4.09. The molecular formula is C15H30N2O3S. The summed E-state index contributed by atoms with van der Waals surface area (Å²) in [7, 11) is -3.08. The van der Waals surface area contributed by atoms with Crippen molar-refractivity contribution >= 4 is 10.0 Å². The molecule has 0 aromatic heterocycles. The van der Waals surface area contributed by atoms with Crippen LogP contribution in [0.15, 0.2) is 0 Å². The highest BCUT2D eigenvalue weighted by molar-refractivity contribution is 7.88. The van der Waals surface area contributed by atoms with Gasteiger partial charge >= 0.3 is 0 Å². The Hall–Kier alpha value is -0.170. The van der Waals surface area contributed by atoms with Crippen molar-refractivity contribution in [1.29, 1.82) is 0 Å². The zero-order valence-electron chi connectivity index (χ0n) is 13.7. The van der Waals surface area contributed by atoms with E-state index in [0.29, 0.717) is 30.8 Å². The molecule has 2 aliphatic rings. The lowest BCUT2D eigenvalue weighted by atomic mass is 9.79. The van der Waals surface area contributed by atoms with Gasteiger partial charge < -0.3 is 10.5 Å². The van der Waals surface area contributed by atoms with Crippen LogP contribution < -0.4 is 5.73 Å². The van der Waals surface area contributed by atoms with Gasteiger partial charge in [-0.2, -0.15) is 0 Å². The lowest BCUT2D eigenvalue weighted by Crippen LogP contribution is -2.44. The molecule has 2 fully saturated rings. The highest BCUT2D eigenvalue weighted by Crippen LogP contribution is 2.36. The minimum absolute atomic E-state index is 0.0875. The van der Waals surface area contributed by atoms with Gasteiger partial charge in [0.05, 0.1) is 18.5 Å². The van der Waals surface area contributed by atoms with Crippen LogP contribution in [0.2, 0.25) is 0 Å². The normalized spacial score (nSPS) is 40.3. The van der Waals surface area contributed by atoms with Crippen LogP contribution >= 0.6 is 0 Å². The third-order valence-electron chi connectivity index (χ3n) is 5.37. The number of hydrogen-bond acceptors (Lipinski definition) is 4. The summed E-state index contributed by atoms with van der Waals surface area (Å²) in [6.45, 7) is 7.70. The molecule has 0 aromatic rings. The molecular weight excluding hydrogens is 288 g/mol. The Labute approximate surface area is 129 Å². The Balaban J connectivity index is 1.95. The Morgan fingerprint density at radius 3 is 2.48 bits per heavy atom. The fraction of sp³-hybridized carbons (Fsp3) is 1.00. The lowest BCUT2D eigenvalue weighted by Gasteiger charge is -2.34. The van der Waals surface area contributed by atoms with Crippen molar-refractivity contribution in [3.63, 3.8) is 0 Å². The van der Waals surface area contributed by atoms with Crippen LogP contribution in [0.25, 0.3) is 0 Å². The van der Waals surface area contributed by atoms with Gasteiger partial charge in [-0.1, -0.05) is 6.92 Å². The van der Waals surface area contributed by atoms with E-state index in [1.165, 1.54) is 6.26 Å². The van der Waals surface area contributed by atoms with E-state index < -0.39 is 10.0 Å². The maximum absolute atomic E-state index is 11.7. The van der Waals surface area contributed by atoms with Crippen molar-refractivity contribution in [2.24, 2.45) is 23.5 Å². The van der Waals surface area contributed by atoms with Gasteiger partial charge in [0, 0.05) is 25.0 Å². The number of nitrogens with two attached hydrogens (primary N) is 1. The first-order valence-electron chi connectivity index (χ1n) is 8.06. The smallest absolute Gasteiger partial charge is 0.211 e. The first-order chi connectivity index (χ1) is 9.70. The van der Waals surface area contributed by atoms with Crippen LogP contribution in [0.4, 0.5) is 0 Å². The van der Waals surface area contributed by atoms with E-state index in [0.717, 1.165) is 19.3 Å². The average molecular weight is 318 g/mol. The van der Waals surface area contributed by atoms with Crippen LogP contribution in [-0.2, 0) is 14.8 Å². The molecule has 0 saturated carbocycles. The molecule has 2 saturated heterocycles. The minimum Gasteiger partial charge on any atom is -0.375 e. The monoisotopic (exact) mass is 318 g/mol. The number of ether oxygens (including phenoxy) is 1. The van der Waals surface area contributed by atoms with Crippen molar-refractivity contribution in [2.45, 2.75) is 58.3 Å². The van der Waals surface area contributed by atoms with Gasteiger partial charge in [0.1, 0.15) is 0 Å². The molecule has 2 heterocycles. The van der Waals surface area contributed by atoms with Crippen molar-refractivity contribution in [3.8, 4) is 0 Å². The molecule has 0 spiro atoms. The van der Waals surface area contributed by atoms with Crippen LogP contribution in [0.1, 0.15) is 40.0 Å². The third-order valence-corrected chi connectivity index (χ3v) is 6.64. The molecule has 0 radical (unpaired) electrons. The average Bonchev–Trinajstić information content (AvgIpc) is 2.62. The summed E-state index contributed by atoms with van der Waals surface area (Å²) in [5.74, 6) is 1.21.